The van der Waals surface area contributed by atoms with Gasteiger partial charge in [-0.25, -0.2) is 0 Å². The predicted octanol–water partition coefficient (Wildman–Crippen LogP) is 3.37. The van der Waals surface area contributed by atoms with Crippen LogP contribution in [0.4, 0.5) is 17.1 Å². The van der Waals surface area contributed by atoms with Gasteiger partial charge >= 0.3 is 0 Å². The van der Waals surface area contributed by atoms with Crippen LogP contribution in [0.1, 0.15) is 34.1 Å². The molecular formula is C25H31ClN4O4. The molecule has 1 aliphatic rings. The first kappa shape index (κ1) is 26.9. The highest BCUT2D eigenvalue weighted by Crippen LogP contribution is 2.35. The molecule has 0 fully saturated rings. The Morgan fingerprint density at radius 2 is 1.59 bits per heavy atom. The number of nitrogens with one attached hydrogen (secondary N) is 2. The summed E-state index contributed by atoms with van der Waals surface area (Å²) < 4.78 is 0. The fourth-order valence-electron chi connectivity index (χ4n) is 3.91. The Balaban J connectivity index is 0.00000408. The van der Waals surface area contributed by atoms with E-state index < -0.39 is 18.0 Å². The molecule has 1 heterocycles. The average molecular weight is 487 g/mol. The maximum absolute atomic E-state index is 13.7. The third-order valence-corrected chi connectivity index (χ3v) is 5.91. The van der Waals surface area contributed by atoms with Gasteiger partial charge in [0.05, 0.1) is 17.4 Å². The van der Waals surface area contributed by atoms with Gasteiger partial charge in [-0.15, -0.1) is 12.4 Å². The lowest BCUT2D eigenvalue weighted by atomic mass is 10.0. The van der Waals surface area contributed by atoms with Crippen molar-refractivity contribution >= 4 is 53.1 Å². The third-order valence-electron chi connectivity index (χ3n) is 5.91. The normalized spacial score (nSPS) is 18.2. The van der Waals surface area contributed by atoms with E-state index in [9.17, 15) is 19.2 Å². The molecule has 3 rings (SSSR count). The van der Waals surface area contributed by atoms with Crippen molar-refractivity contribution in [3.8, 4) is 0 Å². The Morgan fingerprint density at radius 1 is 1.00 bits per heavy atom. The van der Waals surface area contributed by atoms with Crippen molar-refractivity contribution < 1.29 is 19.2 Å². The van der Waals surface area contributed by atoms with Gasteiger partial charge in [0.15, 0.2) is 0 Å². The van der Waals surface area contributed by atoms with Crippen LogP contribution in [-0.2, 0) is 19.2 Å². The Labute approximate surface area is 206 Å². The number of nitrogens with zero attached hydrogens (tertiary/aromatic N) is 2. The van der Waals surface area contributed by atoms with Crippen molar-refractivity contribution in [2.24, 2.45) is 5.92 Å². The fourth-order valence-corrected chi connectivity index (χ4v) is 3.91. The smallest absolute Gasteiger partial charge is 0.252 e. The summed E-state index contributed by atoms with van der Waals surface area (Å²) >= 11 is 0. The maximum atomic E-state index is 13.7. The number of anilines is 3. The Kier molecular flexibility index (Phi) is 9.20. The second-order valence-electron chi connectivity index (χ2n) is 8.25. The second kappa shape index (κ2) is 11.7. The second-order valence-corrected chi connectivity index (χ2v) is 8.25. The number of benzene rings is 2. The standard InChI is InChI=1S/C25H30N4O4.ClH/c1-5-16(2)24(32)27-23-17(3)29(18(4)30)21-14-10-9-13-20(21)28(25(23)33)15-22(31)26-19-11-7-6-8-12-19;/h6-14,16-17,23H,5,15H2,1-4H3,(H,26,31)(H,27,32);1H/t16-,17+,23+;/m1./s1. The van der Waals surface area contributed by atoms with Gasteiger partial charge in [-0.2, -0.15) is 0 Å². The van der Waals surface area contributed by atoms with E-state index >= 15 is 0 Å². The van der Waals surface area contributed by atoms with Gasteiger partial charge in [-0.3, -0.25) is 24.1 Å². The van der Waals surface area contributed by atoms with Crippen molar-refractivity contribution in [1.29, 1.82) is 0 Å². The van der Waals surface area contributed by atoms with Crippen LogP contribution in [0.25, 0.3) is 0 Å². The van der Waals surface area contributed by atoms with Crippen molar-refractivity contribution in [2.75, 3.05) is 21.7 Å². The Hall–Kier alpha value is -3.39. The van der Waals surface area contributed by atoms with Crippen LogP contribution in [-0.4, -0.2) is 42.3 Å². The highest BCUT2D eigenvalue weighted by Gasteiger charge is 2.41. The molecule has 0 spiro atoms. The van der Waals surface area contributed by atoms with E-state index in [4.69, 9.17) is 0 Å². The van der Waals surface area contributed by atoms with E-state index in [0.717, 1.165) is 0 Å². The van der Waals surface area contributed by atoms with E-state index in [0.29, 0.717) is 23.5 Å². The molecule has 2 aromatic carbocycles. The average Bonchev–Trinajstić information content (AvgIpc) is 2.88. The summed E-state index contributed by atoms with van der Waals surface area (Å²) in [5.74, 6) is -1.66. The Morgan fingerprint density at radius 3 is 2.18 bits per heavy atom. The van der Waals surface area contributed by atoms with Crippen molar-refractivity contribution in [3.05, 3.63) is 54.6 Å². The number of hydrogen-bond donors (Lipinski definition) is 2. The number of para-hydroxylation sites is 3. The van der Waals surface area contributed by atoms with Crippen LogP contribution in [0.5, 0.6) is 0 Å². The highest BCUT2D eigenvalue weighted by molar-refractivity contribution is 6.11. The highest BCUT2D eigenvalue weighted by atomic mass is 35.5. The number of fused-ring (bicyclic) bond motifs is 1. The SMILES string of the molecule is CC[C@@H](C)C(=O)N[C@@H]1C(=O)N(CC(=O)Nc2ccccc2)c2ccccc2N(C(C)=O)[C@H]1C.Cl. The lowest BCUT2D eigenvalue weighted by Crippen LogP contribution is -2.58. The maximum Gasteiger partial charge on any atom is 0.252 e. The van der Waals surface area contributed by atoms with E-state index in [1.165, 1.54) is 16.7 Å². The van der Waals surface area contributed by atoms with Gasteiger partial charge in [0.1, 0.15) is 12.6 Å². The molecule has 34 heavy (non-hydrogen) atoms. The zero-order valence-corrected chi connectivity index (χ0v) is 20.6. The largest absolute Gasteiger partial charge is 0.342 e. The minimum Gasteiger partial charge on any atom is -0.342 e. The van der Waals surface area contributed by atoms with Crippen molar-refractivity contribution in [3.63, 3.8) is 0 Å². The number of carbonyl (C=O) groups is 4. The molecule has 0 saturated carbocycles. The summed E-state index contributed by atoms with van der Waals surface area (Å²) in [6, 6.07) is 14.2. The summed E-state index contributed by atoms with van der Waals surface area (Å²) in [7, 11) is 0. The van der Waals surface area contributed by atoms with Gasteiger partial charge in [0, 0.05) is 18.5 Å². The summed E-state index contributed by atoms with van der Waals surface area (Å²) in [6.45, 7) is 6.55. The zero-order valence-electron chi connectivity index (χ0n) is 19.8. The number of hydrogen-bond acceptors (Lipinski definition) is 4. The summed E-state index contributed by atoms with van der Waals surface area (Å²) in [5, 5.41) is 5.61. The summed E-state index contributed by atoms with van der Waals surface area (Å²) in [6.07, 6.45) is 0.612. The quantitative estimate of drug-likeness (QED) is 0.654. The molecule has 8 nitrogen and oxygen atoms in total. The van der Waals surface area contributed by atoms with Crippen LogP contribution < -0.4 is 20.4 Å². The zero-order chi connectivity index (χ0) is 24.1. The Bertz CT molecular complexity index is 1050. The van der Waals surface area contributed by atoms with Crippen LogP contribution in [0.15, 0.2) is 54.6 Å². The van der Waals surface area contributed by atoms with Crippen LogP contribution >= 0.6 is 12.4 Å². The molecule has 0 radical (unpaired) electrons. The third kappa shape index (κ3) is 5.75. The monoisotopic (exact) mass is 486 g/mol. The predicted molar refractivity (Wildman–Crippen MR) is 135 cm³/mol. The lowest BCUT2D eigenvalue weighted by Gasteiger charge is -2.31. The fraction of sp³-hybridized carbons (Fsp3) is 0.360. The van der Waals surface area contributed by atoms with E-state index in [1.54, 1.807) is 62.4 Å². The van der Waals surface area contributed by atoms with Crippen LogP contribution in [0.2, 0.25) is 0 Å². The molecule has 9 heteroatoms. The summed E-state index contributed by atoms with van der Waals surface area (Å²) in [5.41, 5.74) is 1.56. The first-order chi connectivity index (χ1) is 15.7. The molecule has 2 aromatic rings. The van der Waals surface area contributed by atoms with Crippen molar-refractivity contribution in [1.82, 2.24) is 5.32 Å². The molecule has 0 aromatic heterocycles. The molecule has 0 bridgehead atoms. The topological polar surface area (TPSA) is 98.8 Å². The van der Waals surface area contributed by atoms with Gasteiger partial charge in [-0.05, 0) is 37.6 Å². The van der Waals surface area contributed by atoms with Crippen molar-refractivity contribution in [2.45, 2.75) is 46.2 Å². The lowest BCUT2D eigenvalue weighted by molar-refractivity contribution is -0.130. The van der Waals surface area contributed by atoms with Gasteiger partial charge in [0.25, 0.3) is 5.91 Å². The van der Waals surface area contributed by atoms with Gasteiger partial charge in [-0.1, -0.05) is 44.2 Å². The molecule has 2 N–H and O–H groups in total. The van der Waals surface area contributed by atoms with Gasteiger partial charge in [0.2, 0.25) is 17.7 Å². The molecular weight excluding hydrogens is 456 g/mol. The number of halogens is 1. The molecule has 0 unspecified atom stereocenters. The molecule has 4 amide bonds. The first-order valence-corrected chi connectivity index (χ1v) is 11.1. The first-order valence-electron chi connectivity index (χ1n) is 11.1. The van der Waals surface area contributed by atoms with Crippen LogP contribution in [0.3, 0.4) is 0 Å². The molecule has 3 atom stereocenters. The number of carbonyl (C=O) groups excluding carboxylic acids is 4. The number of amides is 4. The van der Waals surface area contributed by atoms with E-state index in [2.05, 4.69) is 10.6 Å². The van der Waals surface area contributed by atoms with E-state index in [-0.39, 0.29) is 42.6 Å². The number of rotatable bonds is 6. The molecule has 0 saturated heterocycles. The summed E-state index contributed by atoms with van der Waals surface area (Å²) in [4.78, 5) is 54.7. The molecule has 0 aliphatic carbocycles. The van der Waals surface area contributed by atoms with Crippen LogP contribution in [0, 0.1) is 5.92 Å². The van der Waals surface area contributed by atoms with Gasteiger partial charge < -0.3 is 15.5 Å². The molecule has 1 aliphatic heterocycles. The minimum atomic E-state index is -1.01. The molecule has 182 valence electrons. The minimum absolute atomic E-state index is 0. The van der Waals surface area contributed by atoms with E-state index in [1.807, 2.05) is 13.0 Å².